The van der Waals surface area contributed by atoms with E-state index < -0.39 is 0 Å². The molecule has 0 bridgehead atoms. The van der Waals surface area contributed by atoms with Crippen LogP contribution < -0.4 is 10.6 Å². The fourth-order valence-electron chi connectivity index (χ4n) is 2.74. The van der Waals surface area contributed by atoms with Crippen LogP contribution in [0.3, 0.4) is 0 Å². The first kappa shape index (κ1) is 12.8. The summed E-state index contributed by atoms with van der Waals surface area (Å²) in [6.45, 7) is 5.58. The van der Waals surface area contributed by atoms with E-state index >= 15 is 0 Å². The molecule has 2 heterocycles. The maximum absolute atomic E-state index is 12.6. The number of piperazine rings is 1. The predicted molar refractivity (Wildman–Crippen MR) is 68.0 cm³/mol. The van der Waals surface area contributed by atoms with Crippen LogP contribution in [0.25, 0.3) is 0 Å². The van der Waals surface area contributed by atoms with Crippen LogP contribution in [0.1, 0.15) is 12.8 Å². The quantitative estimate of drug-likeness (QED) is 0.657. The summed E-state index contributed by atoms with van der Waals surface area (Å²) in [5.74, 6) is 0.301. The first-order valence-corrected chi connectivity index (χ1v) is 6.55. The van der Waals surface area contributed by atoms with Crippen LogP contribution in [0.15, 0.2) is 0 Å². The third-order valence-electron chi connectivity index (χ3n) is 4.14. The van der Waals surface area contributed by atoms with E-state index in [4.69, 9.17) is 0 Å². The lowest BCUT2D eigenvalue weighted by Crippen LogP contribution is -2.63. The summed E-state index contributed by atoms with van der Waals surface area (Å²) < 4.78 is 0. The van der Waals surface area contributed by atoms with Gasteiger partial charge in [0.05, 0.1) is 0 Å². The monoisotopic (exact) mass is 240 g/mol. The average Bonchev–Trinajstić information content (AvgIpc) is 2.39. The number of hydrogen-bond acceptors (Lipinski definition) is 4. The molecule has 0 unspecified atom stereocenters. The molecule has 2 rings (SSSR count). The van der Waals surface area contributed by atoms with Crippen LogP contribution in [0.4, 0.5) is 0 Å². The zero-order chi connectivity index (χ0) is 12.3. The summed E-state index contributed by atoms with van der Waals surface area (Å²) in [7, 11) is 4.03. The van der Waals surface area contributed by atoms with Crippen LogP contribution in [0, 0.1) is 0 Å². The van der Waals surface area contributed by atoms with Gasteiger partial charge in [0.1, 0.15) is 5.54 Å². The van der Waals surface area contributed by atoms with E-state index in [9.17, 15) is 4.79 Å². The molecule has 2 saturated heterocycles. The molecule has 5 heteroatoms. The molecule has 5 nitrogen and oxygen atoms in total. The highest BCUT2D eigenvalue weighted by molar-refractivity contribution is 5.86. The SMILES string of the molecule is CNC1(C(=O)N2CCN(C)CC2)CCNCC1. The minimum absolute atomic E-state index is 0.301. The molecule has 98 valence electrons. The van der Waals surface area contributed by atoms with Crippen molar-refractivity contribution in [3.05, 3.63) is 0 Å². The Hall–Kier alpha value is -0.650. The van der Waals surface area contributed by atoms with Crippen molar-refractivity contribution in [1.29, 1.82) is 0 Å². The number of nitrogens with one attached hydrogen (secondary N) is 2. The first-order chi connectivity index (χ1) is 8.18. The fourth-order valence-corrected chi connectivity index (χ4v) is 2.74. The van der Waals surface area contributed by atoms with Crippen molar-refractivity contribution in [3.63, 3.8) is 0 Å². The Bertz CT molecular complexity index is 268. The summed E-state index contributed by atoms with van der Waals surface area (Å²) in [5.41, 5.74) is -0.318. The summed E-state index contributed by atoms with van der Waals surface area (Å²) in [6.07, 6.45) is 1.79. The van der Waals surface area contributed by atoms with Crippen molar-refractivity contribution in [2.75, 3.05) is 53.4 Å². The van der Waals surface area contributed by atoms with E-state index in [-0.39, 0.29) is 5.54 Å². The Morgan fingerprint density at radius 3 is 2.29 bits per heavy atom. The van der Waals surface area contributed by atoms with Crippen molar-refractivity contribution < 1.29 is 4.79 Å². The first-order valence-electron chi connectivity index (χ1n) is 6.55. The Kier molecular flexibility index (Phi) is 4.01. The van der Waals surface area contributed by atoms with E-state index in [2.05, 4.69) is 22.6 Å². The Morgan fingerprint density at radius 1 is 1.18 bits per heavy atom. The van der Waals surface area contributed by atoms with E-state index in [0.717, 1.165) is 52.1 Å². The Morgan fingerprint density at radius 2 is 1.76 bits per heavy atom. The van der Waals surface area contributed by atoms with Crippen LogP contribution in [-0.4, -0.2) is 74.6 Å². The van der Waals surface area contributed by atoms with Gasteiger partial charge in [-0.3, -0.25) is 4.79 Å². The summed E-state index contributed by atoms with van der Waals surface area (Å²) >= 11 is 0. The van der Waals surface area contributed by atoms with Crippen molar-refractivity contribution in [2.24, 2.45) is 0 Å². The molecular weight excluding hydrogens is 216 g/mol. The molecule has 0 spiro atoms. The molecule has 0 aliphatic carbocycles. The lowest BCUT2D eigenvalue weighted by atomic mass is 9.86. The second-order valence-electron chi connectivity index (χ2n) is 5.18. The number of amides is 1. The molecule has 2 aliphatic heterocycles. The molecule has 1 amide bonds. The standard InChI is InChI=1S/C12H24N4O/c1-13-12(3-5-14-6-4-12)11(17)16-9-7-15(2)8-10-16/h13-14H,3-10H2,1-2H3. The number of carbonyl (C=O) groups is 1. The third kappa shape index (κ3) is 2.61. The lowest BCUT2D eigenvalue weighted by Gasteiger charge is -2.42. The van der Waals surface area contributed by atoms with Gasteiger partial charge in [0.25, 0.3) is 0 Å². The zero-order valence-electron chi connectivity index (χ0n) is 11.0. The van der Waals surface area contributed by atoms with E-state index in [1.54, 1.807) is 0 Å². The van der Waals surface area contributed by atoms with E-state index in [0.29, 0.717) is 5.91 Å². The molecule has 0 atom stereocenters. The average molecular weight is 240 g/mol. The van der Waals surface area contributed by atoms with Gasteiger partial charge in [-0.1, -0.05) is 0 Å². The highest BCUT2D eigenvalue weighted by Crippen LogP contribution is 2.21. The topological polar surface area (TPSA) is 47.6 Å². The Balaban J connectivity index is 2.01. The molecule has 2 fully saturated rings. The Labute approximate surface area is 104 Å². The van der Waals surface area contributed by atoms with Gasteiger partial charge in [0.15, 0.2) is 0 Å². The molecule has 0 radical (unpaired) electrons. The van der Waals surface area contributed by atoms with Gasteiger partial charge >= 0.3 is 0 Å². The molecule has 17 heavy (non-hydrogen) atoms. The molecule has 2 aliphatic rings. The second kappa shape index (κ2) is 5.33. The number of rotatable bonds is 2. The summed E-state index contributed by atoms with van der Waals surface area (Å²) in [5, 5.41) is 6.60. The number of carbonyl (C=O) groups excluding carboxylic acids is 1. The van der Waals surface area contributed by atoms with E-state index in [1.807, 2.05) is 11.9 Å². The number of likely N-dealkylation sites (N-methyl/N-ethyl adjacent to an activating group) is 2. The highest BCUT2D eigenvalue weighted by Gasteiger charge is 2.41. The minimum atomic E-state index is -0.318. The summed E-state index contributed by atoms with van der Waals surface area (Å²) in [6, 6.07) is 0. The van der Waals surface area contributed by atoms with Crippen molar-refractivity contribution in [3.8, 4) is 0 Å². The molecular formula is C12H24N4O. The van der Waals surface area contributed by atoms with Gasteiger partial charge in [-0.2, -0.15) is 0 Å². The van der Waals surface area contributed by atoms with Crippen molar-refractivity contribution >= 4 is 5.91 Å². The largest absolute Gasteiger partial charge is 0.339 e. The van der Waals surface area contributed by atoms with Crippen LogP contribution in [0.2, 0.25) is 0 Å². The smallest absolute Gasteiger partial charge is 0.243 e. The van der Waals surface area contributed by atoms with Crippen molar-refractivity contribution in [1.82, 2.24) is 20.4 Å². The second-order valence-corrected chi connectivity index (χ2v) is 5.18. The minimum Gasteiger partial charge on any atom is -0.339 e. The van der Waals surface area contributed by atoms with Crippen LogP contribution in [0.5, 0.6) is 0 Å². The van der Waals surface area contributed by atoms with Crippen LogP contribution >= 0.6 is 0 Å². The maximum atomic E-state index is 12.6. The normalized spacial score (nSPS) is 25.9. The fraction of sp³-hybridized carbons (Fsp3) is 0.917. The van der Waals surface area contributed by atoms with Gasteiger partial charge in [0.2, 0.25) is 5.91 Å². The van der Waals surface area contributed by atoms with Gasteiger partial charge in [0, 0.05) is 26.2 Å². The van der Waals surface area contributed by atoms with Gasteiger partial charge in [-0.25, -0.2) is 0 Å². The number of hydrogen-bond donors (Lipinski definition) is 2. The third-order valence-corrected chi connectivity index (χ3v) is 4.14. The molecule has 0 aromatic carbocycles. The molecule has 0 aromatic heterocycles. The van der Waals surface area contributed by atoms with Gasteiger partial charge in [-0.15, -0.1) is 0 Å². The predicted octanol–water partition coefficient (Wildman–Crippen LogP) is -0.898. The molecule has 0 saturated carbocycles. The zero-order valence-corrected chi connectivity index (χ0v) is 11.0. The van der Waals surface area contributed by atoms with Gasteiger partial charge in [-0.05, 0) is 40.0 Å². The highest BCUT2D eigenvalue weighted by atomic mass is 16.2. The molecule has 2 N–H and O–H groups in total. The van der Waals surface area contributed by atoms with Crippen LogP contribution in [-0.2, 0) is 4.79 Å². The molecule has 0 aromatic rings. The van der Waals surface area contributed by atoms with Gasteiger partial charge < -0.3 is 20.4 Å². The van der Waals surface area contributed by atoms with E-state index in [1.165, 1.54) is 0 Å². The maximum Gasteiger partial charge on any atom is 0.243 e. The number of nitrogens with zero attached hydrogens (tertiary/aromatic N) is 2. The number of piperidine rings is 1. The summed E-state index contributed by atoms with van der Waals surface area (Å²) in [4.78, 5) is 16.9. The van der Waals surface area contributed by atoms with Crippen molar-refractivity contribution in [2.45, 2.75) is 18.4 Å². The lowest BCUT2D eigenvalue weighted by molar-refractivity contribution is -0.141.